The molecule has 0 atom stereocenters. The first-order chi connectivity index (χ1) is 9.00. The van der Waals surface area contributed by atoms with Crippen molar-refractivity contribution in [1.82, 2.24) is 4.98 Å². The Morgan fingerprint density at radius 3 is 2.63 bits per heavy atom. The summed E-state index contributed by atoms with van der Waals surface area (Å²) in [6.07, 6.45) is -1.91. The van der Waals surface area contributed by atoms with Crippen LogP contribution in [-0.4, -0.2) is 30.5 Å². The molecule has 0 saturated carbocycles. The van der Waals surface area contributed by atoms with Gasteiger partial charge in [0.15, 0.2) is 6.29 Å². The van der Waals surface area contributed by atoms with Crippen molar-refractivity contribution in [2.45, 2.75) is 25.1 Å². The molecular weight excluding hydrogens is 261 g/mol. The van der Waals surface area contributed by atoms with Crippen LogP contribution in [0.1, 0.15) is 28.8 Å². The second-order valence-corrected chi connectivity index (χ2v) is 4.31. The number of pyridine rings is 1. The number of anilines is 1. The maximum absolute atomic E-state index is 12.5. The van der Waals surface area contributed by atoms with Crippen LogP contribution in [0.5, 0.6) is 0 Å². The summed E-state index contributed by atoms with van der Waals surface area (Å²) in [4.78, 5) is 14.6. The Morgan fingerprint density at radius 1 is 1.37 bits per heavy atom. The van der Waals surface area contributed by atoms with Crippen molar-refractivity contribution in [3.8, 4) is 0 Å². The summed E-state index contributed by atoms with van der Waals surface area (Å²) >= 11 is 0. The molecule has 0 radical (unpaired) electrons. The molecule has 1 saturated heterocycles. The molecule has 1 aliphatic rings. The van der Waals surface area contributed by atoms with E-state index in [-0.39, 0.29) is 17.4 Å². The van der Waals surface area contributed by atoms with E-state index >= 15 is 0 Å². The van der Waals surface area contributed by atoms with Crippen LogP contribution >= 0.6 is 0 Å². The van der Waals surface area contributed by atoms with Crippen molar-refractivity contribution in [2.24, 2.45) is 0 Å². The summed E-state index contributed by atoms with van der Waals surface area (Å²) in [5.41, 5.74) is -1.01. The van der Waals surface area contributed by atoms with E-state index in [1.54, 1.807) is 0 Å². The van der Waals surface area contributed by atoms with Gasteiger partial charge < -0.3 is 10.1 Å². The zero-order valence-electron chi connectivity index (χ0n) is 10.0. The summed E-state index contributed by atoms with van der Waals surface area (Å²) in [6.45, 7) is 1.18. The fourth-order valence-corrected chi connectivity index (χ4v) is 1.88. The highest BCUT2D eigenvalue weighted by Gasteiger charge is 2.31. The van der Waals surface area contributed by atoms with Crippen LogP contribution in [0.4, 0.5) is 19.0 Å². The number of nitrogens with zero attached hydrogens (tertiary/aromatic N) is 1. The van der Waals surface area contributed by atoms with Crippen molar-refractivity contribution in [3.63, 3.8) is 0 Å². The Labute approximate surface area is 108 Å². The molecule has 1 N–H and O–H groups in total. The average Bonchev–Trinajstić information content (AvgIpc) is 2.39. The number of nitrogens with one attached hydrogen (secondary N) is 1. The van der Waals surface area contributed by atoms with E-state index in [0.29, 0.717) is 19.5 Å². The van der Waals surface area contributed by atoms with Crippen molar-refractivity contribution >= 4 is 12.1 Å². The van der Waals surface area contributed by atoms with Crippen molar-refractivity contribution in [3.05, 3.63) is 23.4 Å². The van der Waals surface area contributed by atoms with E-state index < -0.39 is 11.7 Å². The first kappa shape index (κ1) is 13.8. The minimum Gasteiger partial charge on any atom is -0.381 e. The van der Waals surface area contributed by atoms with Gasteiger partial charge in [0.1, 0.15) is 5.82 Å². The Kier molecular flexibility index (Phi) is 4.04. The fourth-order valence-electron chi connectivity index (χ4n) is 1.88. The van der Waals surface area contributed by atoms with Crippen LogP contribution in [0, 0.1) is 0 Å². The normalized spacial score (nSPS) is 17.2. The summed E-state index contributed by atoms with van der Waals surface area (Å²) < 4.78 is 42.7. The molecule has 1 aromatic heterocycles. The third-order valence-electron chi connectivity index (χ3n) is 2.93. The average molecular weight is 274 g/mol. The monoisotopic (exact) mass is 274 g/mol. The molecular formula is C12H13F3N2O2. The van der Waals surface area contributed by atoms with Gasteiger partial charge in [-0.25, -0.2) is 4.98 Å². The van der Waals surface area contributed by atoms with Gasteiger partial charge in [0, 0.05) is 25.5 Å². The van der Waals surface area contributed by atoms with Gasteiger partial charge in [-0.2, -0.15) is 13.2 Å². The lowest BCUT2D eigenvalue weighted by atomic mass is 10.1. The van der Waals surface area contributed by atoms with E-state index in [4.69, 9.17) is 4.74 Å². The molecule has 0 spiro atoms. The van der Waals surface area contributed by atoms with Crippen LogP contribution < -0.4 is 5.32 Å². The highest BCUT2D eigenvalue weighted by molar-refractivity contribution is 5.82. The van der Waals surface area contributed by atoms with Gasteiger partial charge in [-0.05, 0) is 18.9 Å². The topological polar surface area (TPSA) is 51.2 Å². The summed E-state index contributed by atoms with van der Waals surface area (Å²) in [5, 5.41) is 2.99. The van der Waals surface area contributed by atoms with Gasteiger partial charge in [0.2, 0.25) is 0 Å². The van der Waals surface area contributed by atoms with Gasteiger partial charge in [0.25, 0.3) is 0 Å². The van der Waals surface area contributed by atoms with Crippen molar-refractivity contribution < 1.29 is 22.7 Å². The molecule has 19 heavy (non-hydrogen) atoms. The number of aromatic nitrogens is 1. The minimum absolute atomic E-state index is 0.0664. The molecule has 0 aromatic carbocycles. The standard InChI is InChI=1S/C12H13F3N2O2/c13-12(14,15)9-5-8(7-18)11(16-6-9)17-10-1-3-19-4-2-10/h5-7,10H,1-4H2,(H,16,17). The second kappa shape index (κ2) is 5.56. The molecule has 7 heteroatoms. The molecule has 0 bridgehead atoms. The molecule has 2 heterocycles. The smallest absolute Gasteiger partial charge is 0.381 e. The number of halogens is 3. The Hall–Kier alpha value is -1.63. The van der Waals surface area contributed by atoms with Gasteiger partial charge in [-0.3, -0.25) is 4.79 Å². The van der Waals surface area contributed by atoms with Gasteiger partial charge in [-0.1, -0.05) is 0 Å². The number of carbonyl (C=O) groups is 1. The lowest BCUT2D eigenvalue weighted by molar-refractivity contribution is -0.137. The van der Waals surface area contributed by atoms with Crippen LogP contribution in [0.25, 0.3) is 0 Å². The highest BCUT2D eigenvalue weighted by atomic mass is 19.4. The predicted molar refractivity (Wildman–Crippen MR) is 62.1 cm³/mol. The first-order valence-corrected chi connectivity index (χ1v) is 5.87. The Bertz CT molecular complexity index is 457. The van der Waals surface area contributed by atoms with E-state index in [0.717, 1.165) is 25.1 Å². The largest absolute Gasteiger partial charge is 0.417 e. The number of ether oxygens (including phenoxy) is 1. The van der Waals surface area contributed by atoms with Crippen molar-refractivity contribution in [2.75, 3.05) is 18.5 Å². The van der Waals surface area contributed by atoms with Crippen LogP contribution in [-0.2, 0) is 10.9 Å². The number of hydrogen-bond donors (Lipinski definition) is 1. The molecule has 0 amide bonds. The van der Waals surface area contributed by atoms with E-state index in [2.05, 4.69) is 10.3 Å². The maximum atomic E-state index is 12.5. The highest BCUT2D eigenvalue weighted by Crippen LogP contribution is 2.30. The lowest BCUT2D eigenvalue weighted by Gasteiger charge is -2.24. The van der Waals surface area contributed by atoms with E-state index in [9.17, 15) is 18.0 Å². The molecule has 2 rings (SSSR count). The number of rotatable bonds is 3. The maximum Gasteiger partial charge on any atom is 0.417 e. The van der Waals surface area contributed by atoms with Crippen molar-refractivity contribution in [1.29, 1.82) is 0 Å². The van der Waals surface area contributed by atoms with Gasteiger partial charge in [-0.15, -0.1) is 0 Å². The van der Waals surface area contributed by atoms with E-state index in [1.807, 2.05) is 0 Å². The van der Waals surface area contributed by atoms with Gasteiger partial charge >= 0.3 is 6.18 Å². The SMILES string of the molecule is O=Cc1cc(C(F)(F)F)cnc1NC1CCOCC1. The zero-order chi connectivity index (χ0) is 13.9. The predicted octanol–water partition coefficient (Wildman–Crippen LogP) is 2.50. The third kappa shape index (κ3) is 3.44. The van der Waals surface area contributed by atoms with Crippen LogP contribution in [0.3, 0.4) is 0 Å². The number of alkyl halides is 3. The number of hydrogen-bond acceptors (Lipinski definition) is 4. The molecule has 0 unspecified atom stereocenters. The quantitative estimate of drug-likeness (QED) is 0.860. The van der Waals surface area contributed by atoms with Crippen LogP contribution in [0.15, 0.2) is 12.3 Å². The lowest BCUT2D eigenvalue weighted by Crippen LogP contribution is -2.28. The molecule has 1 aromatic rings. The van der Waals surface area contributed by atoms with Crippen LogP contribution in [0.2, 0.25) is 0 Å². The molecule has 0 aliphatic carbocycles. The molecule has 1 aliphatic heterocycles. The second-order valence-electron chi connectivity index (χ2n) is 4.31. The number of aldehydes is 1. The molecule has 4 nitrogen and oxygen atoms in total. The summed E-state index contributed by atoms with van der Waals surface area (Å²) in [5.74, 6) is 0.190. The summed E-state index contributed by atoms with van der Waals surface area (Å²) in [7, 11) is 0. The molecule has 1 fully saturated rings. The van der Waals surface area contributed by atoms with E-state index in [1.165, 1.54) is 0 Å². The Morgan fingerprint density at radius 2 is 2.05 bits per heavy atom. The molecule has 104 valence electrons. The summed E-state index contributed by atoms with van der Waals surface area (Å²) in [6, 6.07) is 0.874. The number of carbonyl (C=O) groups excluding carboxylic acids is 1. The fraction of sp³-hybridized carbons (Fsp3) is 0.500. The third-order valence-corrected chi connectivity index (χ3v) is 2.93. The first-order valence-electron chi connectivity index (χ1n) is 5.87. The zero-order valence-corrected chi connectivity index (χ0v) is 10.0. The van der Waals surface area contributed by atoms with Gasteiger partial charge in [0.05, 0.1) is 11.1 Å². The Balaban J connectivity index is 2.18. The minimum atomic E-state index is -4.50.